The number of anilines is 2. The molecule has 2 aromatic carbocycles. The van der Waals surface area contributed by atoms with Crippen molar-refractivity contribution in [3.8, 4) is 0 Å². The molecule has 0 bridgehead atoms. The molecule has 1 aromatic heterocycles. The minimum atomic E-state index is -0.265. The molecule has 1 aliphatic rings. The molecule has 0 radical (unpaired) electrons. The number of amides is 3. The smallest absolute Gasteiger partial charge is 0.265 e. The maximum atomic E-state index is 12.5. The van der Waals surface area contributed by atoms with Crippen molar-refractivity contribution in [3.63, 3.8) is 0 Å². The van der Waals surface area contributed by atoms with Crippen LogP contribution in [0.2, 0.25) is 0 Å². The van der Waals surface area contributed by atoms with E-state index in [0.717, 1.165) is 25.7 Å². The molecule has 158 valence electrons. The number of nitrogens with one attached hydrogen (secondary N) is 3. The summed E-state index contributed by atoms with van der Waals surface area (Å²) in [5, 5.41) is 10.5. The lowest BCUT2D eigenvalue weighted by Gasteiger charge is -2.12. The maximum Gasteiger partial charge on any atom is 0.265 e. The summed E-state index contributed by atoms with van der Waals surface area (Å²) in [5.74, 6) is -0.520. The molecule has 0 aliphatic heterocycles. The van der Waals surface area contributed by atoms with Crippen LogP contribution in [0.1, 0.15) is 56.1 Å². The third-order valence-corrected chi connectivity index (χ3v) is 6.11. The fraction of sp³-hybridized carbons (Fsp3) is 0.208. The van der Waals surface area contributed by atoms with Gasteiger partial charge in [-0.2, -0.15) is 0 Å². The zero-order chi connectivity index (χ0) is 21.6. The van der Waals surface area contributed by atoms with E-state index in [4.69, 9.17) is 0 Å². The Morgan fingerprint density at radius 2 is 1.26 bits per heavy atom. The first-order valence-electron chi connectivity index (χ1n) is 10.3. The van der Waals surface area contributed by atoms with Gasteiger partial charge in [0.15, 0.2) is 0 Å². The quantitative estimate of drug-likeness (QED) is 0.515. The molecular weight excluding hydrogens is 410 g/mol. The van der Waals surface area contributed by atoms with Gasteiger partial charge in [-0.1, -0.05) is 18.9 Å². The van der Waals surface area contributed by atoms with E-state index in [-0.39, 0.29) is 23.8 Å². The molecule has 3 aromatic rings. The molecule has 1 aliphatic carbocycles. The van der Waals surface area contributed by atoms with Crippen molar-refractivity contribution >= 4 is 40.4 Å². The molecule has 1 heterocycles. The summed E-state index contributed by atoms with van der Waals surface area (Å²) >= 11 is 1.37. The average molecular weight is 434 g/mol. The normalized spacial score (nSPS) is 13.5. The maximum absolute atomic E-state index is 12.5. The summed E-state index contributed by atoms with van der Waals surface area (Å²) in [6.45, 7) is 0. The summed E-state index contributed by atoms with van der Waals surface area (Å²) in [4.78, 5) is 37.5. The van der Waals surface area contributed by atoms with Gasteiger partial charge in [-0.3, -0.25) is 14.4 Å². The Labute approximate surface area is 184 Å². The molecule has 0 unspecified atom stereocenters. The molecular formula is C24H23N3O3S. The van der Waals surface area contributed by atoms with E-state index in [9.17, 15) is 14.4 Å². The number of hydrogen-bond donors (Lipinski definition) is 3. The van der Waals surface area contributed by atoms with Crippen LogP contribution in [0, 0.1) is 0 Å². The Morgan fingerprint density at radius 1 is 0.710 bits per heavy atom. The second kappa shape index (κ2) is 9.57. The van der Waals surface area contributed by atoms with Crippen molar-refractivity contribution in [2.24, 2.45) is 0 Å². The first-order chi connectivity index (χ1) is 15.1. The lowest BCUT2D eigenvalue weighted by atomic mass is 10.1. The molecule has 1 fully saturated rings. The lowest BCUT2D eigenvalue weighted by molar-refractivity contribution is 0.0936. The molecule has 4 rings (SSSR count). The van der Waals surface area contributed by atoms with Crippen molar-refractivity contribution in [3.05, 3.63) is 82.0 Å². The number of thiophene rings is 1. The Bertz CT molecular complexity index is 1050. The van der Waals surface area contributed by atoms with Crippen molar-refractivity contribution in [2.45, 2.75) is 31.7 Å². The predicted octanol–water partition coefficient (Wildman–Crippen LogP) is 4.93. The van der Waals surface area contributed by atoms with Gasteiger partial charge >= 0.3 is 0 Å². The molecule has 6 nitrogen and oxygen atoms in total. The van der Waals surface area contributed by atoms with E-state index in [2.05, 4.69) is 16.0 Å². The number of benzene rings is 2. The van der Waals surface area contributed by atoms with Gasteiger partial charge in [0.1, 0.15) is 0 Å². The van der Waals surface area contributed by atoms with Crippen molar-refractivity contribution in [1.29, 1.82) is 0 Å². The van der Waals surface area contributed by atoms with E-state index >= 15 is 0 Å². The second-order valence-electron chi connectivity index (χ2n) is 7.50. The van der Waals surface area contributed by atoms with Gasteiger partial charge in [0.05, 0.1) is 4.88 Å². The fourth-order valence-electron chi connectivity index (χ4n) is 3.55. The van der Waals surface area contributed by atoms with E-state index in [1.165, 1.54) is 11.3 Å². The van der Waals surface area contributed by atoms with Crippen molar-refractivity contribution < 1.29 is 14.4 Å². The zero-order valence-electron chi connectivity index (χ0n) is 16.9. The van der Waals surface area contributed by atoms with Gasteiger partial charge in [0.2, 0.25) is 0 Å². The van der Waals surface area contributed by atoms with Gasteiger partial charge in [0.25, 0.3) is 17.7 Å². The van der Waals surface area contributed by atoms with Crippen LogP contribution in [-0.2, 0) is 0 Å². The minimum Gasteiger partial charge on any atom is -0.349 e. The fourth-order valence-corrected chi connectivity index (χ4v) is 4.17. The third-order valence-electron chi connectivity index (χ3n) is 5.25. The van der Waals surface area contributed by atoms with E-state index < -0.39 is 0 Å². The molecule has 1 saturated carbocycles. The van der Waals surface area contributed by atoms with E-state index in [1.54, 1.807) is 54.6 Å². The Kier molecular flexibility index (Phi) is 6.43. The molecule has 3 N–H and O–H groups in total. The average Bonchev–Trinajstić information content (AvgIpc) is 3.49. The van der Waals surface area contributed by atoms with Gasteiger partial charge < -0.3 is 16.0 Å². The van der Waals surface area contributed by atoms with Crippen LogP contribution in [0.15, 0.2) is 66.0 Å². The lowest BCUT2D eigenvalue weighted by Crippen LogP contribution is -2.32. The second-order valence-corrected chi connectivity index (χ2v) is 8.44. The van der Waals surface area contributed by atoms with Crippen molar-refractivity contribution in [1.82, 2.24) is 5.32 Å². The monoisotopic (exact) mass is 433 g/mol. The molecule has 3 amide bonds. The SMILES string of the molecule is O=C(Nc1ccc(C(=O)NC2CCCC2)cc1)c1ccc(NC(=O)c2cccs2)cc1. The van der Waals surface area contributed by atoms with E-state index in [0.29, 0.717) is 27.4 Å². The van der Waals surface area contributed by atoms with Crippen molar-refractivity contribution in [2.75, 3.05) is 10.6 Å². The van der Waals surface area contributed by atoms with Gasteiger partial charge in [0, 0.05) is 28.5 Å². The Morgan fingerprint density at radius 3 is 1.81 bits per heavy atom. The highest BCUT2D eigenvalue weighted by Crippen LogP contribution is 2.19. The number of rotatable bonds is 6. The summed E-state index contributed by atoms with van der Waals surface area (Å²) < 4.78 is 0. The van der Waals surface area contributed by atoms with Crippen LogP contribution in [-0.4, -0.2) is 23.8 Å². The Balaban J connectivity index is 1.32. The highest BCUT2D eigenvalue weighted by molar-refractivity contribution is 7.12. The zero-order valence-corrected chi connectivity index (χ0v) is 17.7. The topological polar surface area (TPSA) is 87.3 Å². The third kappa shape index (κ3) is 5.38. The minimum absolute atomic E-state index is 0.0787. The predicted molar refractivity (Wildman–Crippen MR) is 123 cm³/mol. The molecule has 31 heavy (non-hydrogen) atoms. The Hall–Kier alpha value is -3.45. The summed E-state index contributed by atoms with van der Waals surface area (Å²) in [7, 11) is 0. The van der Waals surface area contributed by atoms with Crippen LogP contribution in [0.25, 0.3) is 0 Å². The van der Waals surface area contributed by atoms with Crippen LogP contribution in [0.4, 0.5) is 11.4 Å². The van der Waals surface area contributed by atoms with Crippen LogP contribution in [0.5, 0.6) is 0 Å². The molecule has 7 heteroatoms. The molecule has 0 saturated heterocycles. The molecule has 0 spiro atoms. The largest absolute Gasteiger partial charge is 0.349 e. The number of carbonyl (C=O) groups excluding carboxylic acids is 3. The van der Waals surface area contributed by atoms with Gasteiger partial charge in [-0.25, -0.2) is 0 Å². The standard InChI is InChI=1S/C24H23N3O3S/c28-22(25-18-4-1-2-5-18)16-7-11-19(12-8-16)26-23(29)17-9-13-20(14-10-17)27-24(30)21-6-3-15-31-21/h3,6-15,18H,1-2,4-5H2,(H,25,28)(H,26,29)(H,27,30). The van der Waals surface area contributed by atoms with Gasteiger partial charge in [-0.15, -0.1) is 11.3 Å². The first kappa shape index (κ1) is 20.8. The number of hydrogen-bond acceptors (Lipinski definition) is 4. The highest BCUT2D eigenvalue weighted by Gasteiger charge is 2.18. The highest BCUT2D eigenvalue weighted by atomic mass is 32.1. The van der Waals surface area contributed by atoms with E-state index in [1.807, 2.05) is 11.4 Å². The van der Waals surface area contributed by atoms with Crippen LogP contribution >= 0.6 is 11.3 Å². The first-order valence-corrected chi connectivity index (χ1v) is 11.1. The van der Waals surface area contributed by atoms with Crippen LogP contribution in [0.3, 0.4) is 0 Å². The summed E-state index contributed by atoms with van der Waals surface area (Å²) in [5.41, 5.74) is 2.28. The summed E-state index contributed by atoms with van der Waals surface area (Å²) in [6.07, 6.45) is 4.41. The number of carbonyl (C=O) groups is 3. The summed E-state index contributed by atoms with van der Waals surface area (Å²) in [6, 6.07) is 17.4. The van der Waals surface area contributed by atoms with Gasteiger partial charge in [-0.05, 0) is 72.8 Å². The molecule has 0 atom stereocenters. The van der Waals surface area contributed by atoms with Crippen LogP contribution < -0.4 is 16.0 Å².